The van der Waals surface area contributed by atoms with Gasteiger partial charge in [0.15, 0.2) is 5.82 Å². The number of fused-ring (bicyclic) bond motifs is 1. The lowest BCUT2D eigenvalue weighted by Gasteiger charge is -2.04. The zero-order valence-corrected chi connectivity index (χ0v) is 14.8. The first kappa shape index (κ1) is 18.6. The van der Waals surface area contributed by atoms with Crippen LogP contribution in [0.5, 0.6) is 0 Å². The predicted octanol–water partition coefficient (Wildman–Crippen LogP) is 3.92. The summed E-state index contributed by atoms with van der Waals surface area (Å²) in [6.45, 7) is 0. The third-order valence-electron chi connectivity index (χ3n) is 3.64. The Bertz CT molecular complexity index is 1190. The van der Waals surface area contributed by atoms with Gasteiger partial charge in [0.25, 0.3) is 11.2 Å². The number of benzene rings is 2. The summed E-state index contributed by atoms with van der Waals surface area (Å²) in [5, 5.41) is 20.2. The lowest BCUT2D eigenvalue weighted by Crippen LogP contribution is -2.11. The van der Waals surface area contributed by atoms with E-state index in [0.29, 0.717) is 5.56 Å². The van der Waals surface area contributed by atoms with Crippen molar-refractivity contribution in [1.82, 2.24) is 9.97 Å². The number of aromatic carboxylic acids is 1. The molecule has 0 atom stereocenters. The maximum absolute atomic E-state index is 12.2. The van der Waals surface area contributed by atoms with Gasteiger partial charge in [0.05, 0.1) is 26.4 Å². The summed E-state index contributed by atoms with van der Waals surface area (Å²) >= 11 is 12.0. The second-order valence-electron chi connectivity index (χ2n) is 5.41. The number of nitrogens with zero attached hydrogens (tertiary/aromatic N) is 2. The Labute approximate surface area is 160 Å². The minimum atomic E-state index is -1.16. The quantitative estimate of drug-likeness (QED) is 0.500. The zero-order chi connectivity index (χ0) is 19.7. The van der Waals surface area contributed by atoms with Crippen molar-refractivity contribution in [2.45, 2.75) is 0 Å². The van der Waals surface area contributed by atoms with Gasteiger partial charge in [-0.25, -0.2) is 9.78 Å². The predicted molar refractivity (Wildman–Crippen MR) is 101 cm³/mol. The lowest BCUT2D eigenvalue weighted by atomic mass is 10.1. The summed E-state index contributed by atoms with van der Waals surface area (Å²) in [6, 6.07) is 8.00. The molecule has 2 aromatic carbocycles. The number of carbonyl (C=O) groups is 1. The van der Waals surface area contributed by atoms with Gasteiger partial charge in [-0.3, -0.25) is 14.9 Å². The molecular formula is C17H9Cl2N3O5. The summed E-state index contributed by atoms with van der Waals surface area (Å²) in [5.41, 5.74) is -0.290. The number of hydrogen-bond donors (Lipinski definition) is 2. The highest BCUT2D eigenvalue weighted by atomic mass is 35.5. The average molecular weight is 406 g/mol. The molecule has 0 aliphatic heterocycles. The van der Waals surface area contributed by atoms with E-state index in [4.69, 9.17) is 28.3 Å². The molecule has 10 heteroatoms. The van der Waals surface area contributed by atoms with Gasteiger partial charge in [-0.15, -0.1) is 0 Å². The molecule has 0 aliphatic rings. The second kappa shape index (κ2) is 7.18. The lowest BCUT2D eigenvalue weighted by molar-refractivity contribution is -0.384. The van der Waals surface area contributed by atoms with E-state index in [0.717, 1.165) is 0 Å². The average Bonchev–Trinajstić information content (AvgIpc) is 2.62. The largest absolute Gasteiger partial charge is 0.478 e. The number of aromatic nitrogens is 2. The van der Waals surface area contributed by atoms with E-state index >= 15 is 0 Å². The fourth-order valence-electron chi connectivity index (χ4n) is 2.36. The van der Waals surface area contributed by atoms with Crippen LogP contribution >= 0.6 is 23.2 Å². The molecule has 136 valence electrons. The summed E-state index contributed by atoms with van der Waals surface area (Å²) in [4.78, 5) is 40.3. The minimum absolute atomic E-state index is 0.00527. The Morgan fingerprint density at radius 1 is 1.26 bits per heavy atom. The van der Waals surface area contributed by atoms with Crippen molar-refractivity contribution >= 4 is 56.9 Å². The standard InChI is InChI=1S/C17H9Cl2N3O5/c18-11-4-1-8(6-14(11)22(26)27)5-12(19)15-20-13-7-9(17(24)25)2-3-10(13)16(23)21-15/h1-7H,(H,24,25)(H,20,21,23)/b12-5-. The Morgan fingerprint density at radius 2 is 2.00 bits per heavy atom. The number of H-pyrrole nitrogens is 1. The fraction of sp³-hybridized carbons (Fsp3) is 0. The first-order valence-electron chi connectivity index (χ1n) is 7.35. The minimum Gasteiger partial charge on any atom is -0.478 e. The van der Waals surface area contributed by atoms with E-state index in [9.17, 15) is 19.7 Å². The molecule has 1 heterocycles. The van der Waals surface area contributed by atoms with Crippen molar-refractivity contribution in [3.8, 4) is 0 Å². The number of hydrogen-bond acceptors (Lipinski definition) is 5. The molecule has 8 nitrogen and oxygen atoms in total. The maximum Gasteiger partial charge on any atom is 0.335 e. The van der Waals surface area contributed by atoms with E-state index in [1.54, 1.807) is 0 Å². The zero-order valence-electron chi connectivity index (χ0n) is 13.3. The molecule has 0 fully saturated rings. The molecule has 3 rings (SSSR count). The van der Waals surface area contributed by atoms with Crippen LogP contribution in [0.4, 0.5) is 5.69 Å². The van der Waals surface area contributed by atoms with Gasteiger partial charge in [0, 0.05) is 6.07 Å². The van der Waals surface area contributed by atoms with E-state index in [-0.39, 0.29) is 38.0 Å². The van der Waals surface area contributed by atoms with Gasteiger partial charge in [-0.2, -0.15) is 0 Å². The van der Waals surface area contributed by atoms with E-state index < -0.39 is 16.5 Å². The highest BCUT2D eigenvalue weighted by Gasteiger charge is 2.14. The number of rotatable bonds is 4. The van der Waals surface area contributed by atoms with Gasteiger partial charge >= 0.3 is 5.97 Å². The van der Waals surface area contributed by atoms with Crippen molar-refractivity contribution in [3.63, 3.8) is 0 Å². The number of carboxylic acids is 1. The Morgan fingerprint density at radius 3 is 2.67 bits per heavy atom. The topological polar surface area (TPSA) is 126 Å². The molecule has 2 N–H and O–H groups in total. The van der Waals surface area contributed by atoms with Gasteiger partial charge < -0.3 is 10.1 Å². The third kappa shape index (κ3) is 3.81. The van der Waals surface area contributed by atoms with Gasteiger partial charge in [-0.1, -0.05) is 29.3 Å². The number of nitrogens with one attached hydrogen (secondary N) is 1. The van der Waals surface area contributed by atoms with Crippen molar-refractivity contribution in [2.24, 2.45) is 0 Å². The Kier molecular flexibility index (Phi) is 4.93. The molecule has 27 heavy (non-hydrogen) atoms. The number of halogens is 2. The summed E-state index contributed by atoms with van der Waals surface area (Å²) in [6.07, 6.45) is 1.37. The number of nitro groups is 1. The molecular weight excluding hydrogens is 397 g/mol. The highest BCUT2D eigenvalue weighted by Crippen LogP contribution is 2.28. The van der Waals surface area contributed by atoms with Crippen LogP contribution in [0.1, 0.15) is 21.7 Å². The van der Waals surface area contributed by atoms with Gasteiger partial charge in [0.1, 0.15) is 5.02 Å². The normalized spacial score (nSPS) is 11.6. The van der Waals surface area contributed by atoms with Crippen LogP contribution in [0.2, 0.25) is 5.02 Å². The first-order chi connectivity index (χ1) is 12.8. The van der Waals surface area contributed by atoms with Crippen LogP contribution in [0.3, 0.4) is 0 Å². The van der Waals surface area contributed by atoms with E-state index in [1.165, 1.54) is 42.5 Å². The molecule has 0 spiro atoms. The smallest absolute Gasteiger partial charge is 0.335 e. The van der Waals surface area contributed by atoms with Crippen molar-refractivity contribution in [3.05, 3.63) is 78.8 Å². The highest BCUT2D eigenvalue weighted by molar-refractivity contribution is 6.50. The van der Waals surface area contributed by atoms with Crippen molar-refractivity contribution in [2.75, 3.05) is 0 Å². The maximum atomic E-state index is 12.2. The molecule has 0 radical (unpaired) electrons. The molecule has 0 bridgehead atoms. The Hall–Kier alpha value is -3.23. The first-order valence-corrected chi connectivity index (χ1v) is 8.11. The second-order valence-corrected chi connectivity index (χ2v) is 6.23. The number of carboxylic acid groups (broad SMARTS) is 1. The van der Waals surface area contributed by atoms with Gasteiger partial charge in [0.2, 0.25) is 0 Å². The van der Waals surface area contributed by atoms with Crippen LogP contribution in [0, 0.1) is 10.1 Å². The molecule has 1 aromatic heterocycles. The molecule has 0 saturated carbocycles. The van der Waals surface area contributed by atoms with Crippen molar-refractivity contribution < 1.29 is 14.8 Å². The summed E-state index contributed by atoms with van der Waals surface area (Å²) < 4.78 is 0. The summed E-state index contributed by atoms with van der Waals surface area (Å²) in [5.74, 6) is -1.16. The molecule has 0 saturated heterocycles. The molecule has 0 unspecified atom stereocenters. The number of nitro benzene ring substituents is 1. The third-order valence-corrected chi connectivity index (χ3v) is 4.25. The Balaban J connectivity index is 2.10. The van der Waals surface area contributed by atoms with Gasteiger partial charge in [-0.05, 0) is 35.9 Å². The molecule has 0 amide bonds. The van der Waals surface area contributed by atoms with Crippen LogP contribution in [0.25, 0.3) is 22.0 Å². The fourth-order valence-corrected chi connectivity index (χ4v) is 2.76. The van der Waals surface area contributed by atoms with E-state index in [2.05, 4.69) is 9.97 Å². The SMILES string of the molecule is O=C(O)c1ccc2c(=O)[nH]c(/C(Cl)=C/c3ccc(Cl)c([N+](=O)[O-])c3)nc2c1. The van der Waals surface area contributed by atoms with Crippen LogP contribution in [-0.4, -0.2) is 26.0 Å². The van der Waals surface area contributed by atoms with E-state index in [1.807, 2.05) is 0 Å². The monoisotopic (exact) mass is 405 g/mol. The van der Waals surface area contributed by atoms with Crippen LogP contribution in [-0.2, 0) is 0 Å². The molecule has 0 aliphatic carbocycles. The van der Waals surface area contributed by atoms with Crippen molar-refractivity contribution in [1.29, 1.82) is 0 Å². The summed E-state index contributed by atoms with van der Waals surface area (Å²) in [7, 11) is 0. The number of aromatic amines is 1. The van der Waals surface area contributed by atoms with Crippen LogP contribution < -0.4 is 5.56 Å². The van der Waals surface area contributed by atoms with Crippen LogP contribution in [0.15, 0.2) is 41.2 Å². The molecule has 3 aromatic rings.